The average Bonchev–Trinajstić information content (AvgIpc) is 3.40. The Bertz CT molecular complexity index is 1900. The summed E-state index contributed by atoms with van der Waals surface area (Å²) in [5.74, 6) is -0.0809. The third-order valence-electron chi connectivity index (χ3n) is 8.26. The first-order valence-electron chi connectivity index (χ1n) is 15.1. The smallest absolute Gasteiger partial charge is 0.281 e. The molecule has 9 nitrogen and oxygen atoms in total. The lowest BCUT2D eigenvalue weighted by atomic mass is 10.0. The number of nitrogens with zero attached hydrogens (tertiary/aromatic N) is 2. The van der Waals surface area contributed by atoms with Gasteiger partial charge in [0.05, 0.1) is 16.4 Å². The van der Waals surface area contributed by atoms with Gasteiger partial charge in [0, 0.05) is 35.1 Å². The number of amides is 1. The predicted octanol–water partition coefficient (Wildman–Crippen LogP) is 6.45. The summed E-state index contributed by atoms with van der Waals surface area (Å²) >= 11 is 6.26. The van der Waals surface area contributed by atoms with Gasteiger partial charge in [-0.25, -0.2) is 21.6 Å². The van der Waals surface area contributed by atoms with E-state index in [1.807, 2.05) is 57.2 Å². The van der Waals surface area contributed by atoms with E-state index in [4.69, 9.17) is 16.3 Å². The van der Waals surface area contributed by atoms with E-state index in [0.29, 0.717) is 43.3 Å². The number of carbonyl (C=O) groups is 1. The Morgan fingerprint density at radius 3 is 2.31 bits per heavy atom. The largest absolute Gasteiger partial charge is 0.494 e. The summed E-state index contributed by atoms with van der Waals surface area (Å²) in [6, 6.07) is 17.8. The highest BCUT2D eigenvalue weighted by atomic mass is 35.5. The maximum absolute atomic E-state index is 13.4. The molecule has 3 aromatic carbocycles. The van der Waals surface area contributed by atoms with Crippen LogP contribution in [0.2, 0.25) is 5.02 Å². The molecule has 1 aliphatic heterocycles. The number of ether oxygens (including phenoxy) is 1. The number of sulfonamides is 2. The molecule has 1 atom stereocenters. The van der Waals surface area contributed by atoms with Crippen molar-refractivity contribution in [2.45, 2.75) is 75.3 Å². The minimum absolute atomic E-state index is 0.0272. The van der Waals surface area contributed by atoms with Crippen molar-refractivity contribution in [2.75, 3.05) is 13.2 Å². The van der Waals surface area contributed by atoms with Gasteiger partial charge in [-0.2, -0.15) is 4.31 Å². The number of piperidine rings is 1. The van der Waals surface area contributed by atoms with Gasteiger partial charge in [-0.05, 0) is 99.2 Å². The van der Waals surface area contributed by atoms with Crippen LogP contribution in [0.3, 0.4) is 0 Å². The molecule has 1 N–H and O–H groups in total. The maximum atomic E-state index is 13.4. The SMILES string of the molecule is CC[C@@H]1CCCCN1S(=O)(=O)c1ccc(S(=O)(=O)NC(=O)c2cc3ccccc3n2CCCOc2cc(C)c(Cl)c(C)c2)cc1. The van der Waals surface area contributed by atoms with Crippen LogP contribution in [0.1, 0.15) is 60.6 Å². The second-order valence-electron chi connectivity index (χ2n) is 11.4. The Morgan fingerprint density at radius 1 is 0.956 bits per heavy atom. The van der Waals surface area contributed by atoms with Gasteiger partial charge < -0.3 is 9.30 Å². The number of hydrogen-bond acceptors (Lipinski definition) is 6. The van der Waals surface area contributed by atoms with Gasteiger partial charge in [-0.15, -0.1) is 0 Å². The zero-order valence-corrected chi connectivity index (χ0v) is 28.0. The first-order chi connectivity index (χ1) is 21.4. The molecule has 45 heavy (non-hydrogen) atoms. The fourth-order valence-electron chi connectivity index (χ4n) is 5.90. The summed E-state index contributed by atoms with van der Waals surface area (Å²) in [5, 5.41) is 1.50. The van der Waals surface area contributed by atoms with Crippen molar-refractivity contribution in [3.8, 4) is 5.75 Å². The molecule has 1 amide bonds. The van der Waals surface area contributed by atoms with Crippen molar-refractivity contribution in [2.24, 2.45) is 0 Å². The predicted molar refractivity (Wildman–Crippen MR) is 176 cm³/mol. The normalized spacial score (nSPS) is 16.1. The molecule has 1 aliphatic rings. The maximum Gasteiger partial charge on any atom is 0.281 e. The number of fused-ring (bicyclic) bond motifs is 1. The minimum Gasteiger partial charge on any atom is -0.494 e. The fourth-order valence-corrected chi connectivity index (χ4v) is 8.74. The molecule has 240 valence electrons. The van der Waals surface area contributed by atoms with Crippen molar-refractivity contribution in [3.63, 3.8) is 0 Å². The number of benzene rings is 3. The number of aromatic nitrogens is 1. The van der Waals surface area contributed by atoms with E-state index in [2.05, 4.69) is 4.72 Å². The van der Waals surface area contributed by atoms with Crippen LogP contribution in [0.4, 0.5) is 0 Å². The van der Waals surface area contributed by atoms with Gasteiger partial charge in [0.2, 0.25) is 10.0 Å². The molecule has 0 radical (unpaired) electrons. The number of nitrogens with one attached hydrogen (secondary N) is 1. The quantitative estimate of drug-likeness (QED) is 0.183. The van der Waals surface area contributed by atoms with E-state index >= 15 is 0 Å². The monoisotopic (exact) mass is 671 g/mol. The number of halogens is 1. The lowest BCUT2D eigenvalue weighted by molar-refractivity contribution is 0.0972. The van der Waals surface area contributed by atoms with Crippen LogP contribution in [0.5, 0.6) is 5.75 Å². The van der Waals surface area contributed by atoms with Crippen LogP contribution < -0.4 is 9.46 Å². The third-order valence-corrected chi connectivity index (χ3v) is 12.2. The van der Waals surface area contributed by atoms with Crippen LogP contribution >= 0.6 is 11.6 Å². The third kappa shape index (κ3) is 7.06. The Balaban J connectivity index is 1.31. The molecule has 1 aromatic heterocycles. The molecule has 4 aromatic rings. The van der Waals surface area contributed by atoms with Gasteiger partial charge in [0.25, 0.3) is 15.9 Å². The summed E-state index contributed by atoms with van der Waals surface area (Å²) in [4.78, 5) is 13.3. The number of para-hydroxylation sites is 1. The molecule has 0 unspecified atom stereocenters. The average molecular weight is 672 g/mol. The topological polar surface area (TPSA) is 115 Å². The second kappa shape index (κ2) is 13.5. The number of hydrogen-bond donors (Lipinski definition) is 1. The molecular formula is C33H38ClN3O6S2. The summed E-state index contributed by atoms with van der Waals surface area (Å²) in [5.41, 5.74) is 2.82. The van der Waals surface area contributed by atoms with Crippen molar-refractivity contribution in [1.29, 1.82) is 0 Å². The Kier molecular flexibility index (Phi) is 9.93. The molecule has 0 spiro atoms. The molecule has 2 heterocycles. The van der Waals surface area contributed by atoms with Crippen molar-refractivity contribution in [3.05, 3.63) is 88.6 Å². The Hall–Kier alpha value is -3.38. The first kappa shape index (κ1) is 33.0. The minimum atomic E-state index is -4.29. The van der Waals surface area contributed by atoms with Crippen molar-refractivity contribution < 1.29 is 26.4 Å². The Labute approximate surface area is 270 Å². The zero-order valence-electron chi connectivity index (χ0n) is 25.6. The molecule has 1 fully saturated rings. The highest BCUT2D eigenvalue weighted by molar-refractivity contribution is 7.90. The summed E-state index contributed by atoms with van der Waals surface area (Å²) in [6.07, 6.45) is 3.85. The van der Waals surface area contributed by atoms with Crippen LogP contribution in [-0.4, -0.2) is 50.8 Å². The molecule has 0 bridgehead atoms. The van der Waals surface area contributed by atoms with Crippen molar-refractivity contribution >= 4 is 48.5 Å². The Morgan fingerprint density at radius 2 is 1.62 bits per heavy atom. The van der Waals surface area contributed by atoms with E-state index in [1.54, 1.807) is 10.6 Å². The van der Waals surface area contributed by atoms with Gasteiger partial charge >= 0.3 is 0 Å². The lowest BCUT2D eigenvalue weighted by Gasteiger charge is -2.34. The van der Waals surface area contributed by atoms with Gasteiger partial charge in [0.1, 0.15) is 11.4 Å². The number of rotatable bonds is 11. The molecule has 0 saturated carbocycles. The molecule has 12 heteroatoms. The number of carbonyl (C=O) groups excluding carboxylic acids is 1. The van der Waals surface area contributed by atoms with Crippen LogP contribution in [0.25, 0.3) is 10.9 Å². The summed E-state index contributed by atoms with van der Waals surface area (Å²) in [7, 11) is -8.07. The van der Waals surface area contributed by atoms with Crippen LogP contribution in [0, 0.1) is 13.8 Å². The second-order valence-corrected chi connectivity index (χ2v) is 15.3. The van der Waals surface area contributed by atoms with E-state index in [9.17, 15) is 21.6 Å². The standard InChI is InChI=1S/C33H38ClN3O6S2/c1-4-26-11-7-8-18-37(26)45(41,42)29-15-13-28(14-16-29)44(39,40)35-33(38)31-22-25-10-5-6-12-30(25)36(31)17-9-19-43-27-20-23(2)32(34)24(3)21-27/h5-6,10,12-16,20-22,26H,4,7-9,11,17-19H2,1-3H3,(H,35,38)/t26-/m1/s1. The van der Waals surface area contributed by atoms with E-state index < -0.39 is 26.0 Å². The summed E-state index contributed by atoms with van der Waals surface area (Å²) < 4.78 is 64.6. The van der Waals surface area contributed by atoms with Gasteiger partial charge in [0.15, 0.2) is 0 Å². The van der Waals surface area contributed by atoms with Crippen LogP contribution in [0.15, 0.2) is 76.5 Å². The molecule has 1 saturated heterocycles. The molecule has 5 rings (SSSR count). The molecule has 0 aliphatic carbocycles. The van der Waals surface area contributed by atoms with E-state index in [0.717, 1.165) is 41.3 Å². The molecular weight excluding hydrogens is 634 g/mol. The number of aryl methyl sites for hydroxylation is 3. The van der Waals surface area contributed by atoms with E-state index in [-0.39, 0.29) is 21.5 Å². The summed E-state index contributed by atoms with van der Waals surface area (Å²) in [6.45, 7) is 7.02. The highest BCUT2D eigenvalue weighted by Gasteiger charge is 2.33. The van der Waals surface area contributed by atoms with Crippen LogP contribution in [-0.2, 0) is 26.6 Å². The van der Waals surface area contributed by atoms with Gasteiger partial charge in [-0.1, -0.05) is 43.1 Å². The van der Waals surface area contributed by atoms with Gasteiger partial charge in [-0.3, -0.25) is 4.79 Å². The van der Waals surface area contributed by atoms with E-state index in [1.165, 1.54) is 28.6 Å². The first-order valence-corrected chi connectivity index (χ1v) is 18.4. The highest BCUT2D eigenvalue weighted by Crippen LogP contribution is 2.29. The zero-order chi connectivity index (χ0) is 32.4. The van der Waals surface area contributed by atoms with Crippen molar-refractivity contribution in [1.82, 2.24) is 13.6 Å². The fraction of sp³-hybridized carbons (Fsp3) is 0.364. The lowest BCUT2D eigenvalue weighted by Crippen LogP contribution is -2.43.